The second-order valence-corrected chi connectivity index (χ2v) is 3.89. The zero-order valence-corrected chi connectivity index (χ0v) is 9.96. The van der Waals surface area contributed by atoms with E-state index >= 15 is 0 Å². The van der Waals surface area contributed by atoms with Crippen molar-refractivity contribution in [2.45, 2.75) is 6.04 Å². The van der Waals surface area contributed by atoms with Crippen molar-refractivity contribution in [3.05, 3.63) is 70.1 Å². The monoisotopic (exact) mass is 253 g/mol. The summed E-state index contributed by atoms with van der Waals surface area (Å²) in [4.78, 5) is 25.5. The third-order valence-corrected chi connectivity index (χ3v) is 2.57. The molecule has 2 aromatic rings. The molecule has 1 heterocycles. The lowest BCUT2D eigenvalue weighted by Gasteiger charge is -2.11. The number of hydrogen-bond donors (Lipinski definition) is 2. The molecule has 0 saturated heterocycles. The molecule has 0 saturated carbocycles. The van der Waals surface area contributed by atoms with Crippen molar-refractivity contribution in [2.24, 2.45) is 0 Å². The zero-order chi connectivity index (χ0) is 13.7. The average molecular weight is 253 g/mol. The fourth-order valence-corrected chi connectivity index (χ4v) is 1.64. The van der Waals surface area contributed by atoms with Gasteiger partial charge in [0.15, 0.2) is 0 Å². The fraction of sp³-hybridized carbons (Fsp3) is 0.0714. The normalized spacial score (nSPS) is 11.3. The molecule has 94 valence electrons. The van der Waals surface area contributed by atoms with Crippen LogP contribution in [0.15, 0.2) is 53.5 Å². The van der Waals surface area contributed by atoms with Crippen LogP contribution in [-0.2, 0) is 0 Å². The summed E-state index contributed by atoms with van der Waals surface area (Å²) in [7, 11) is 0. The molecule has 0 spiro atoms. The van der Waals surface area contributed by atoms with Crippen LogP contribution in [0.25, 0.3) is 0 Å². The minimum absolute atomic E-state index is 0.222. The Hall–Kier alpha value is -2.87. The lowest BCUT2D eigenvalue weighted by atomic mass is 10.1. The number of hydrogen-bond acceptors (Lipinski definition) is 3. The second-order valence-electron chi connectivity index (χ2n) is 3.89. The van der Waals surface area contributed by atoms with Crippen molar-refractivity contribution in [1.29, 1.82) is 5.26 Å². The molecule has 0 radical (unpaired) electrons. The summed E-state index contributed by atoms with van der Waals surface area (Å²) in [5, 5.41) is 11.7. The van der Waals surface area contributed by atoms with E-state index in [0.29, 0.717) is 5.56 Å². The molecule has 19 heavy (non-hydrogen) atoms. The standard InChI is InChI=1S/C14H11N3O2/c15-9-12(10-4-2-1-3-5-10)17-14(19)11-6-7-16-13(18)8-11/h1-8,12H,(H,16,18)(H,17,19). The Bertz CT molecular complexity index is 671. The molecule has 2 N–H and O–H groups in total. The predicted molar refractivity (Wildman–Crippen MR) is 69.3 cm³/mol. The van der Waals surface area contributed by atoms with Gasteiger partial charge in [0.25, 0.3) is 5.91 Å². The molecule has 1 amide bonds. The highest BCUT2D eigenvalue weighted by atomic mass is 16.2. The quantitative estimate of drug-likeness (QED) is 0.866. The molecule has 1 unspecified atom stereocenters. The minimum Gasteiger partial charge on any atom is -0.332 e. The molecule has 0 bridgehead atoms. The van der Waals surface area contributed by atoms with Gasteiger partial charge < -0.3 is 10.3 Å². The van der Waals surface area contributed by atoms with E-state index in [1.165, 1.54) is 18.3 Å². The number of carbonyl (C=O) groups excluding carboxylic acids is 1. The summed E-state index contributed by atoms with van der Waals surface area (Å²) in [5.74, 6) is -0.457. The third kappa shape index (κ3) is 3.07. The van der Waals surface area contributed by atoms with E-state index in [-0.39, 0.29) is 11.1 Å². The van der Waals surface area contributed by atoms with Gasteiger partial charge in [-0.05, 0) is 11.6 Å². The highest BCUT2D eigenvalue weighted by molar-refractivity contribution is 5.94. The topological polar surface area (TPSA) is 85.8 Å². The summed E-state index contributed by atoms with van der Waals surface area (Å²) >= 11 is 0. The highest BCUT2D eigenvalue weighted by Gasteiger charge is 2.14. The molecular formula is C14H11N3O2. The molecule has 0 aliphatic carbocycles. The van der Waals surface area contributed by atoms with E-state index in [0.717, 1.165) is 0 Å². The van der Waals surface area contributed by atoms with Crippen molar-refractivity contribution in [1.82, 2.24) is 10.3 Å². The van der Waals surface area contributed by atoms with Crippen LogP contribution in [0.3, 0.4) is 0 Å². The Morgan fingerprint density at radius 3 is 2.63 bits per heavy atom. The Morgan fingerprint density at radius 2 is 2.00 bits per heavy atom. The number of aromatic amines is 1. The third-order valence-electron chi connectivity index (χ3n) is 2.57. The maximum absolute atomic E-state index is 11.9. The summed E-state index contributed by atoms with van der Waals surface area (Å²) in [6.07, 6.45) is 1.39. The average Bonchev–Trinajstić information content (AvgIpc) is 2.45. The predicted octanol–water partition coefficient (Wildman–Crippen LogP) is 1.37. The second kappa shape index (κ2) is 5.65. The van der Waals surface area contributed by atoms with Gasteiger partial charge >= 0.3 is 0 Å². The van der Waals surface area contributed by atoms with Crippen LogP contribution in [0, 0.1) is 11.3 Å². The molecule has 0 aliphatic heterocycles. The number of benzene rings is 1. The number of H-pyrrole nitrogens is 1. The lowest BCUT2D eigenvalue weighted by molar-refractivity contribution is 0.0945. The van der Waals surface area contributed by atoms with Gasteiger partial charge in [0.05, 0.1) is 6.07 Å². The van der Waals surface area contributed by atoms with Crippen LogP contribution in [0.1, 0.15) is 22.0 Å². The zero-order valence-electron chi connectivity index (χ0n) is 9.96. The fourth-order valence-electron chi connectivity index (χ4n) is 1.64. The van der Waals surface area contributed by atoms with Crippen molar-refractivity contribution < 1.29 is 4.79 Å². The maximum atomic E-state index is 11.9. The Morgan fingerprint density at radius 1 is 1.26 bits per heavy atom. The first-order chi connectivity index (χ1) is 9.20. The van der Waals surface area contributed by atoms with Crippen molar-refractivity contribution in [3.8, 4) is 6.07 Å². The molecule has 1 atom stereocenters. The van der Waals surface area contributed by atoms with Crippen molar-refractivity contribution in [3.63, 3.8) is 0 Å². The summed E-state index contributed by atoms with van der Waals surface area (Å²) in [6, 6.07) is 12.9. The van der Waals surface area contributed by atoms with E-state index in [1.807, 2.05) is 12.1 Å². The molecule has 0 fully saturated rings. The first kappa shape index (κ1) is 12.6. The smallest absolute Gasteiger partial charge is 0.252 e. The largest absolute Gasteiger partial charge is 0.332 e. The SMILES string of the molecule is N#CC(NC(=O)c1cc[nH]c(=O)c1)c1ccccc1. The first-order valence-electron chi connectivity index (χ1n) is 5.65. The molecule has 1 aromatic heterocycles. The molecule has 2 rings (SSSR count). The van der Waals surface area contributed by atoms with E-state index < -0.39 is 11.9 Å². The number of amides is 1. The van der Waals surface area contributed by atoms with Gasteiger partial charge in [-0.3, -0.25) is 9.59 Å². The number of nitriles is 1. The highest BCUT2D eigenvalue weighted by Crippen LogP contribution is 2.11. The van der Waals surface area contributed by atoms with E-state index in [9.17, 15) is 9.59 Å². The number of nitrogens with zero attached hydrogens (tertiary/aromatic N) is 1. The Labute approximate surface area is 109 Å². The molecule has 0 aliphatic rings. The Kier molecular flexibility index (Phi) is 3.74. The van der Waals surface area contributed by atoms with E-state index in [2.05, 4.69) is 10.3 Å². The van der Waals surface area contributed by atoms with Gasteiger partial charge in [-0.1, -0.05) is 30.3 Å². The molecule has 5 heteroatoms. The van der Waals surface area contributed by atoms with Gasteiger partial charge in [0, 0.05) is 17.8 Å². The number of pyridine rings is 1. The molecule has 5 nitrogen and oxygen atoms in total. The van der Waals surface area contributed by atoms with E-state index in [1.54, 1.807) is 24.3 Å². The van der Waals surface area contributed by atoms with Crippen LogP contribution in [0.4, 0.5) is 0 Å². The number of carbonyl (C=O) groups is 1. The number of rotatable bonds is 3. The van der Waals surface area contributed by atoms with Crippen LogP contribution >= 0.6 is 0 Å². The van der Waals surface area contributed by atoms with Crippen LogP contribution < -0.4 is 10.9 Å². The van der Waals surface area contributed by atoms with Crippen molar-refractivity contribution >= 4 is 5.91 Å². The van der Waals surface area contributed by atoms with Gasteiger partial charge in [0.1, 0.15) is 6.04 Å². The van der Waals surface area contributed by atoms with Crippen molar-refractivity contribution in [2.75, 3.05) is 0 Å². The van der Waals surface area contributed by atoms with E-state index in [4.69, 9.17) is 5.26 Å². The van der Waals surface area contributed by atoms with Crippen LogP contribution in [0.2, 0.25) is 0 Å². The number of nitrogens with one attached hydrogen (secondary N) is 2. The summed E-state index contributed by atoms with van der Waals surface area (Å²) < 4.78 is 0. The Balaban J connectivity index is 2.18. The van der Waals surface area contributed by atoms with Crippen LogP contribution in [0.5, 0.6) is 0 Å². The first-order valence-corrected chi connectivity index (χ1v) is 5.65. The van der Waals surface area contributed by atoms with Crippen LogP contribution in [-0.4, -0.2) is 10.9 Å². The lowest BCUT2D eigenvalue weighted by Crippen LogP contribution is -2.28. The van der Waals surface area contributed by atoms with Gasteiger partial charge in [-0.25, -0.2) is 0 Å². The minimum atomic E-state index is -0.743. The summed E-state index contributed by atoms with van der Waals surface area (Å²) in [5.41, 5.74) is 0.559. The maximum Gasteiger partial charge on any atom is 0.252 e. The summed E-state index contributed by atoms with van der Waals surface area (Å²) in [6.45, 7) is 0. The van der Waals surface area contributed by atoms with Gasteiger partial charge in [0.2, 0.25) is 5.56 Å². The van der Waals surface area contributed by atoms with Gasteiger partial charge in [-0.2, -0.15) is 5.26 Å². The number of aromatic nitrogens is 1. The molecular weight excluding hydrogens is 242 g/mol. The molecule has 1 aromatic carbocycles. The van der Waals surface area contributed by atoms with Gasteiger partial charge in [-0.15, -0.1) is 0 Å².